The molecule has 0 fully saturated rings. The van der Waals surface area contributed by atoms with Crippen LogP contribution in [0.1, 0.15) is 6.92 Å². The van der Waals surface area contributed by atoms with Gasteiger partial charge in [0, 0.05) is 0 Å². The Kier molecular flexibility index (Phi) is 3.18. The zero-order valence-corrected chi connectivity index (χ0v) is 7.04. The fourth-order valence-electron chi connectivity index (χ4n) is 0.714. The second-order valence-electron chi connectivity index (χ2n) is 2.01. The van der Waals surface area contributed by atoms with Gasteiger partial charge in [0.25, 0.3) is 0 Å². The molecule has 0 bridgehead atoms. The predicted molar refractivity (Wildman–Crippen MR) is 49.2 cm³/mol. The Morgan fingerprint density at radius 1 is 1.20 bits per heavy atom. The highest BCUT2D eigenvalue weighted by molar-refractivity contribution is 7.50. The maximum atomic E-state index is 2.19. The predicted octanol–water partition coefficient (Wildman–Crippen LogP) is 2.52. The van der Waals surface area contributed by atoms with Crippen LogP contribution in [0.2, 0.25) is 0 Å². The summed E-state index contributed by atoms with van der Waals surface area (Å²) >= 11 is 0. The Bertz CT molecular complexity index is 201. The van der Waals surface area contributed by atoms with Crippen molar-refractivity contribution in [3.63, 3.8) is 0 Å². The van der Waals surface area contributed by atoms with Crippen LogP contribution >= 0.6 is 8.58 Å². The lowest BCUT2D eigenvalue weighted by molar-refractivity contribution is 1.77. The largest absolute Gasteiger partial charge is 0.0871 e. The molecule has 0 saturated carbocycles. The minimum atomic E-state index is 0.824. The fourth-order valence-corrected chi connectivity index (χ4v) is 1.46. The topological polar surface area (TPSA) is 0 Å². The lowest BCUT2D eigenvalue weighted by atomic mass is 10.4. The van der Waals surface area contributed by atoms with Crippen molar-refractivity contribution in [2.24, 2.45) is 0 Å². The van der Waals surface area contributed by atoms with E-state index in [1.165, 1.54) is 5.30 Å². The first kappa shape index (κ1) is 7.50. The molecule has 10 heavy (non-hydrogen) atoms. The van der Waals surface area contributed by atoms with E-state index in [1.807, 2.05) is 6.07 Å². The van der Waals surface area contributed by atoms with Crippen LogP contribution in [0.25, 0.3) is 0 Å². The summed E-state index contributed by atoms with van der Waals surface area (Å²) in [6.45, 7) is 2.05. The van der Waals surface area contributed by atoms with Gasteiger partial charge >= 0.3 is 0 Å². The van der Waals surface area contributed by atoms with Gasteiger partial charge in [-0.3, -0.25) is 0 Å². The van der Waals surface area contributed by atoms with E-state index < -0.39 is 0 Å². The molecule has 1 aromatic carbocycles. The third kappa shape index (κ3) is 2.33. The average Bonchev–Trinajstić information content (AvgIpc) is 2.03. The Morgan fingerprint density at radius 2 is 1.90 bits per heavy atom. The van der Waals surface area contributed by atoms with Crippen LogP contribution in [0.3, 0.4) is 0 Å². The summed E-state index contributed by atoms with van der Waals surface area (Å²) in [6.07, 6.45) is 2.09. The SMILES string of the molecule is C/C=C/Pc1ccccc1. The summed E-state index contributed by atoms with van der Waals surface area (Å²) in [7, 11) is 0.824. The Hall–Kier alpha value is -0.610. The van der Waals surface area contributed by atoms with Gasteiger partial charge in [0.2, 0.25) is 0 Å². The van der Waals surface area contributed by atoms with Gasteiger partial charge in [0.05, 0.1) is 0 Å². The highest BCUT2D eigenvalue weighted by Gasteiger charge is 1.82. The van der Waals surface area contributed by atoms with Gasteiger partial charge < -0.3 is 0 Å². The van der Waals surface area contributed by atoms with Crippen LogP contribution in [0.15, 0.2) is 42.2 Å². The van der Waals surface area contributed by atoms with Gasteiger partial charge in [-0.15, -0.1) is 0 Å². The van der Waals surface area contributed by atoms with Crippen molar-refractivity contribution in [2.75, 3.05) is 0 Å². The molecule has 0 N–H and O–H groups in total. The lowest BCUT2D eigenvalue weighted by Crippen LogP contribution is -1.87. The molecule has 1 unspecified atom stereocenters. The number of allylic oxidation sites excluding steroid dienone is 1. The Morgan fingerprint density at radius 3 is 2.50 bits per heavy atom. The third-order valence-corrected chi connectivity index (χ3v) is 2.36. The highest BCUT2D eigenvalue weighted by Crippen LogP contribution is 2.09. The third-order valence-electron chi connectivity index (χ3n) is 1.19. The molecule has 0 amide bonds. The van der Waals surface area contributed by atoms with Crippen molar-refractivity contribution < 1.29 is 0 Å². The second kappa shape index (κ2) is 4.24. The molecular formula is C9H11P. The van der Waals surface area contributed by atoms with E-state index in [0.717, 1.165) is 8.58 Å². The summed E-state index contributed by atoms with van der Waals surface area (Å²) in [5.74, 6) is 2.19. The molecule has 0 spiro atoms. The molecule has 0 radical (unpaired) electrons. The molecule has 1 atom stereocenters. The quantitative estimate of drug-likeness (QED) is 0.568. The highest BCUT2D eigenvalue weighted by atomic mass is 31.1. The first-order valence-corrected chi connectivity index (χ1v) is 4.44. The van der Waals surface area contributed by atoms with E-state index in [4.69, 9.17) is 0 Å². The van der Waals surface area contributed by atoms with Crippen molar-refractivity contribution >= 4 is 13.9 Å². The summed E-state index contributed by atoms with van der Waals surface area (Å²) in [5, 5.41) is 1.40. The van der Waals surface area contributed by atoms with Crippen LogP contribution < -0.4 is 5.30 Å². The maximum absolute atomic E-state index is 2.19. The fraction of sp³-hybridized carbons (Fsp3) is 0.111. The van der Waals surface area contributed by atoms with E-state index in [2.05, 4.69) is 43.1 Å². The first-order valence-electron chi connectivity index (χ1n) is 3.36. The van der Waals surface area contributed by atoms with Gasteiger partial charge in [0.1, 0.15) is 0 Å². The molecule has 0 aliphatic rings. The van der Waals surface area contributed by atoms with E-state index >= 15 is 0 Å². The van der Waals surface area contributed by atoms with E-state index in [1.54, 1.807) is 0 Å². The Balaban J connectivity index is 2.59. The van der Waals surface area contributed by atoms with Gasteiger partial charge in [-0.1, -0.05) is 50.8 Å². The standard InChI is InChI=1S/C9H11P/c1-2-8-10-9-6-4-3-5-7-9/h2-8,10H,1H3/b8-2+. The smallest absolute Gasteiger partial charge is 0.0232 e. The molecule has 0 saturated heterocycles. The minimum absolute atomic E-state index is 0.824. The van der Waals surface area contributed by atoms with Crippen LogP contribution in [0, 0.1) is 0 Å². The zero-order chi connectivity index (χ0) is 7.23. The summed E-state index contributed by atoms with van der Waals surface area (Å²) < 4.78 is 0. The number of hydrogen-bond acceptors (Lipinski definition) is 0. The molecule has 0 nitrogen and oxygen atoms in total. The van der Waals surface area contributed by atoms with E-state index in [9.17, 15) is 0 Å². The van der Waals surface area contributed by atoms with Crippen molar-refractivity contribution in [2.45, 2.75) is 6.92 Å². The van der Waals surface area contributed by atoms with E-state index in [0.29, 0.717) is 0 Å². The van der Waals surface area contributed by atoms with E-state index in [-0.39, 0.29) is 0 Å². The molecule has 0 aliphatic heterocycles. The van der Waals surface area contributed by atoms with Crippen LogP contribution in [0.4, 0.5) is 0 Å². The van der Waals surface area contributed by atoms with Crippen LogP contribution in [-0.4, -0.2) is 0 Å². The molecule has 1 aromatic rings. The van der Waals surface area contributed by atoms with Crippen molar-refractivity contribution in [3.8, 4) is 0 Å². The Labute approximate surface area is 63.8 Å². The molecule has 52 valence electrons. The zero-order valence-electron chi connectivity index (χ0n) is 6.04. The molecule has 1 heteroatoms. The summed E-state index contributed by atoms with van der Waals surface area (Å²) in [6, 6.07) is 10.5. The van der Waals surface area contributed by atoms with Crippen LogP contribution in [-0.2, 0) is 0 Å². The van der Waals surface area contributed by atoms with Gasteiger partial charge in [-0.05, 0) is 12.2 Å². The molecule has 1 rings (SSSR count). The minimum Gasteiger partial charge on any atom is -0.0871 e. The number of hydrogen-bond donors (Lipinski definition) is 0. The monoisotopic (exact) mass is 150 g/mol. The molecule has 0 aliphatic carbocycles. The summed E-state index contributed by atoms with van der Waals surface area (Å²) in [5.41, 5.74) is 0. The maximum Gasteiger partial charge on any atom is -0.0232 e. The van der Waals surface area contributed by atoms with Crippen LogP contribution in [0.5, 0.6) is 0 Å². The second-order valence-corrected chi connectivity index (χ2v) is 3.21. The lowest BCUT2D eigenvalue weighted by Gasteiger charge is -1.92. The molecule has 0 aromatic heterocycles. The first-order chi connectivity index (χ1) is 4.93. The molecule has 0 heterocycles. The van der Waals surface area contributed by atoms with Crippen molar-refractivity contribution in [3.05, 3.63) is 42.2 Å². The van der Waals surface area contributed by atoms with Crippen molar-refractivity contribution in [1.82, 2.24) is 0 Å². The summed E-state index contributed by atoms with van der Waals surface area (Å²) in [4.78, 5) is 0. The molecular weight excluding hydrogens is 139 g/mol. The van der Waals surface area contributed by atoms with Gasteiger partial charge in [-0.2, -0.15) is 0 Å². The average molecular weight is 150 g/mol. The van der Waals surface area contributed by atoms with Gasteiger partial charge in [0.15, 0.2) is 0 Å². The van der Waals surface area contributed by atoms with Crippen molar-refractivity contribution in [1.29, 1.82) is 0 Å². The van der Waals surface area contributed by atoms with Gasteiger partial charge in [-0.25, -0.2) is 0 Å². The number of rotatable bonds is 2. The normalized spacial score (nSPS) is 11.7. The number of benzene rings is 1.